The molecule has 29 heavy (non-hydrogen) atoms. The zero-order valence-electron chi connectivity index (χ0n) is 16.0. The van der Waals surface area contributed by atoms with E-state index in [-0.39, 0.29) is 12.5 Å². The Balaban J connectivity index is 1.55. The summed E-state index contributed by atoms with van der Waals surface area (Å²) in [6, 6.07) is 21.3. The molecule has 0 aromatic heterocycles. The Labute approximate surface area is 169 Å². The van der Waals surface area contributed by atoms with E-state index in [2.05, 4.69) is 5.32 Å². The third-order valence-corrected chi connectivity index (χ3v) is 3.88. The van der Waals surface area contributed by atoms with Gasteiger partial charge in [0.25, 0.3) is 5.91 Å². The molecule has 0 atom stereocenters. The Kier molecular flexibility index (Phi) is 6.84. The molecule has 6 nitrogen and oxygen atoms in total. The molecule has 0 unspecified atom stereocenters. The zero-order chi connectivity index (χ0) is 20.5. The first-order valence-electron chi connectivity index (χ1n) is 9.15. The summed E-state index contributed by atoms with van der Waals surface area (Å²) in [4.78, 5) is 23.1. The number of amides is 1. The van der Waals surface area contributed by atoms with E-state index in [1.54, 1.807) is 42.5 Å². The fourth-order valence-electron chi connectivity index (χ4n) is 2.56. The summed E-state index contributed by atoms with van der Waals surface area (Å²) in [6.45, 7) is 2.06. The van der Waals surface area contributed by atoms with Crippen LogP contribution >= 0.6 is 0 Å². The topological polar surface area (TPSA) is 73.9 Å². The number of benzene rings is 3. The molecule has 3 aromatic rings. The molecule has 3 rings (SSSR count). The number of aldehydes is 1. The Hall–Kier alpha value is -3.80. The Morgan fingerprint density at radius 1 is 0.897 bits per heavy atom. The minimum Gasteiger partial charge on any atom is -0.490 e. The molecular formula is C23H21NO5. The van der Waals surface area contributed by atoms with Crippen LogP contribution in [0.15, 0.2) is 72.8 Å². The highest BCUT2D eigenvalue weighted by Gasteiger charge is 2.10. The maximum Gasteiger partial charge on any atom is 0.262 e. The Morgan fingerprint density at radius 3 is 2.31 bits per heavy atom. The van der Waals surface area contributed by atoms with Gasteiger partial charge in [0, 0.05) is 11.3 Å². The van der Waals surface area contributed by atoms with Crippen molar-refractivity contribution in [2.24, 2.45) is 0 Å². The maximum absolute atomic E-state index is 12.2. The van der Waals surface area contributed by atoms with Gasteiger partial charge in [-0.05, 0) is 61.5 Å². The molecule has 0 radical (unpaired) electrons. The van der Waals surface area contributed by atoms with Gasteiger partial charge in [-0.15, -0.1) is 0 Å². The average Bonchev–Trinajstić information content (AvgIpc) is 2.75. The van der Waals surface area contributed by atoms with Crippen LogP contribution in [-0.4, -0.2) is 25.4 Å². The smallest absolute Gasteiger partial charge is 0.262 e. The minimum atomic E-state index is -0.316. The van der Waals surface area contributed by atoms with Crippen molar-refractivity contribution >= 4 is 17.9 Å². The van der Waals surface area contributed by atoms with Crippen LogP contribution < -0.4 is 19.5 Å². The lowest BCUT2D eigenvalue weighted by molar-refractivity contribution is -0.118. The van der Waals surface area contributed by atoms with Crippen LogP contribution in [0.25, 0.3) is 0 Å². The third-order valence-electron chi connectivity index (χ3n) is 3.88. The van der Waals surface area contributed by atoms with Gasteiger partial charge in [0.2, 0.25) is 0 Å². The monoisotopic (exact) mass is 391 g/mol. The van der Waals surface area contributed by atoms with Gasteiger partial charge in [0.1, 0.15) is 17.8 Å². The number of hydrogen-bond acceptors (Lipinski definition) is 5. The van der Waals surface area contributed by atoms with Gasteiger partial charge in [0.15, 0.2) is 18.1 Å². The van der Waals surface area contributed by atoms with Crippen LogP contribution in [0.4, 0.5) is 5.69 Å². The first-order valence-corrected chi connectivity index (χ1v) is 9.15. The number of hydrogen-bond donors (Lipinski definition) is 1. The lowest BCUT2D eigenvalue weighted by atomic mass is 10.2. The van der Waals surface area contributed by atoms with E-state index in [1.165, 1.54) is 0 Å². The van der Waals surface area contributed by atoms with E-state index < -0.39 is 0 Å². The second-order valence-electron chi connectivity index (χ2n) is 6.03. The summed E-state index contributed by atoms with van der Waals surface area (Å²) in [5.41, 5.74) is 1.10. The van der Waals surface area contributed by atoms with Gasteiger partial charge in [-0.1, -0.05) is 18.2 Å². The van der Waals surface area contributed by atoms with Crippen LogP contribution in [0.5, 0.6) is 23.0 Å². The molecule has 0 heterocycles. The van der Waals surface area contributed by atoms with Gasteiger partial charge in [0.05, 0.1) is 6.61 Å². The lowest BCUT2D eigenvalue weighted by Gasteiger charge is -2.12. The van der Waals surface area contributed by atoms with Crippen molar-refractivity contribution in [2.75, 3.05) is 18.5 Å². The molecular weight excluding hydrogens is 370 g/mol. The van der Waals surface area contributed by atoms with Crippen molar-refractivity contribution in [3.05, 3.63) is 78.4 Å². The van der Waals surface area contributed by atoms with Gasteiger partial charge in [-0.25, -0.2) is 0 Å². The van der Waals surface area contributed by atoms with Crippen molar-refractivity contribution in [1.29, 1.82) is 0 Å². The highest BCUT2D eigenvalue weighted by molar-refractivity contribution is 5.92. The molecule has 0 spiro atoms. The summed E-state index contributed by atoms with van der Waals surface area (Å²) in [5, 5.41) is 2.76. The van der Waals surface area contributed by atoms with Crippen LogP contribution in [0.3, 0.4) is 0 Å². The third kappa shape index (κ3) is 5.84. The average molecular weight is 391 g/mol. The van der Waals surface area contributed by atoms with E-state index in [0.29, 0.717) is 35.1 Å². The molecule has 3 aromatic carbocycles. The molecule has 0 bridgehead atoms. The van der Waals surface area contributed by atoms with E-state index in [1.807, 2.05) is 37.3 Å². The first-order chi connectivity index (χ1) is 14.2. The Bertz CT molecular complexity index is 955. The quantitative estimate of drug-likeness (QED) is 0.535. The fraction of sp³-hybridized carbons (Fsp3) is 0.130. The van der Waals surface area contributed by atoms with Crippen molar-refractivity contribution in [3.8, 4) is 23.0 Å². The number of nitrogens with one attached hydrogen (secondary N) is 1. The number of rotatable bonds is 9. The molecule has 0 aliphatic carbocycles. The normalized spacial score (nSPS) is 10.1. The largest absolute Gasteiger partial charge is 0.490 e. The van der Waals surface area contributed by atoms with Crippen molar-refractivity contribution in [3.63, 3.8) is 0 Å². The molecule has 0 aliphatic rings. The second kappa shape index (κ2) is 9.94. The van der Waals surface area contributed by atoms with Crippen LogP contribution in [0.2, 0.25) is 0 Å². The predicted octanol–water partition coefficient (Wildman–Crippen LogP) is 4.71. The van der Waals surface area contributed by atoms with Crippen LogP contribution in [0, 0.1) is 0 Å². The number of anilines is 1. The standard InChI is InChI=1S/C23H21NO5/c1-2-27-22-14-17(15-25)8-13-21(22)28-16-23(26)24-18-9-11-20(12-10-18)29-19-6-4-3-5-7-19/h3-15H,2,16H2,1H3,(H,24,26). The highest BCUT2D eigenvalue weighted by Crippen LogP contribution is 2.28. The summed E-state index contributed by atoms with van der Waals surface area (Å²) < 4.78 is 16.7. The second-order valence-corrected chi connectivity index (χ2v) is 6.03. The molecule has 0 fully saturated rings. The summed E-state index contributed by atoms with van der Waals surface area (Å²) >= 11 is 0. The van der Waals surface area contributed by atoms with Gasteiger partial charge >= 0.3 is 0 Å². The molecule has 6 heteroatoms. The summed E-state index contributed by atoms with van der Waals surface area (Å²) in [5.74, 6) is 1.92. The van der Waals surface area contributed by atoms with Crippen LogP contribution in [0.1, 0.15) is 17.3 Å². The highest BCUT2D eigenvalue weighted by atomic mass is 16.5. The van der Waals surface area contributed by atoms with Gasteiger partial charge in [-0.2, -0.15) is 0 Å². The predicted molar refractivity (Wildman–Crippen MR) is 110 cm³/mol. The molecule has 0 saturated carbocycles. The SMILES string of the molecule is CCOc1cc(C=O)ccc1OCC(=O)Nc1ccc(Oc2ccccc2)cc1. The lowest BCUT2D eigenvalue weighted by Crippen LogP contribution is -2.20. The van der Waals surface area contributed by atoms with E-state index in [0.717, 1.165) is 12.0 Å². The molecule has 0 aliphatic heterocycles. The van der Waals surface area contributed by atoms with Crippen LogP contribution in [-0.2, 0) is 4.79 Å². The minimum absolute atomic E-state index is 0.192. The Morgan fingerprint density at radius 2 is 1.62 bits per heavy atom. The summed E-state index contributed by atoms with van der Waals surface area (Å²) in [7, 11) is 0. The number of para-hydroxylation sites is 1. The molecule has 1 N–H and O–H groups in total. The summed E-state index contributed by atoms with van der Waals surface area (Å²) in [6.07, 6.45) is 0.726. The van der Waals surface area contributed by atoms with Gasteiger partial charge < -0.3 is 19.5 Å². The van der Waals surface area contributed by atoms with Gasteiger partial charge in [-0.3, -0.25) is 9.59 Å². The fourth-order valence-corrected chi connectivity index (χ4v) is 2.56. The number of carbonyl (C=O) groups excluding carboxylic acids is 2. The number of carbonyl (C=O) groups is 2. The first kappa shape index (κ1) is 19.9. The van der Waals surface area contributed by atoms with E-state index >= 15 is 0 Å². The zero-order valence-corrected chi connectivity index (χ0v) is 16.0. The number of ether oxygens (including phenoxy) is 3. The molecule has 1 amide bonds. The van der Waals surface area contributed by atoms with E-state index in [9.17, 15) is 9.59 Å². The van der Waals surface area contributed by atoms with Crippen molar-refractivity contribution < 1.29 is 23.8 Å². The molecule has 148 valence electrons. The van der Waals surface area contributed by atoms with E-state index in [4.69, 9.17) is 14.2 Å². The molecule has 0 saturated heterocycles. The van der Waals surface area contributed by atoms with Crippen molar-refractivity contribution in [1.82, 2.24) is 0 Å². The van der Waals surface area contributed by atoms with Crippen molar-refractivity contribution in [2.45, 2.75) is 6.92 Å². The maximum atomic E-state index is 12.2.